The lowest BCUT2D eigenvalue weighted by Crippen LogP contribution is -2.50. The maximum Gasteiger partial charge on any atom is 0.256 e. The van der Waals surface area contributed by atoms with Gasteiger partial charge < -0.3 is 9.88 Å². The van der Waals surface area contributed by atoms with Gasteiger partial charge in [-0.1, -0.05) is 30.3 Å². The van der Waals surface area contributed by atoms with E-state index in [0.29, 0.717) is 5.56 Å². The number of piperazine rings is 1. The highest BCUT2D eigenvalue weighted by Gasteiger charge is 2.32. The molecule has 0 atom stereocenters. The molecule has 3 aromatic rings. The molecule has 0 unspecified atom stereocenters. The zero-order valence-corrected chi connectivity index (χ0v) is 15.2. The van der Waals surface area contributed by atoms with Crippen LogP contribution in [-0.4, -0.2) is 54.7 Å². The van der Waals surface area contributed by atoms with Gasteiger partial charge in [0.15, 0.2) is 0 Å². The molecule has 1 amide bonds. The minimum Gasteiger partial charge on any atom is -0.360 e. The summed E-state index contributed by atoms with van der Waals surface area (Å²) in [6.45, 7) is 0.771. The molecule has 0 spiro atoms. The maximum absolute atomic E-state index is 13.9. The second-order valence-electron chi connectivity index (χ2n) is 6.37. The van der Waals surface area contributed by atoms with Crippen LogP contribution in [0.15, 0.2) is 59.6 Å². The third-order valence-corrected chi connectivity index (χ3v) is 6.73. The summed E-state index contributed by atoms with van der Waals surface area (Å²) in [5.41, 5.74) is 1.44. The van der Waals surface area contributed by atoms with Crippen molar-refractivity contribution >= 4 is 26.8 Å². The number of carbonyl (C=O) groups excluding carboxylic acids is 1. The molecule has 0 bridgehead atoms. The van der Waals surface area contributed by atoms with E-state index in [-0.39, 0.29) is 37.0 Å². The minimum absolute atomic E-state index is 0.130. The molecule has 4 rings (SSSR count). The van der Waals surface area contributed by atoms with Gasteiger partial charge in [0.05, 0.1) is 5.56 Å². The van der Waals surface area contributed by atoms with Crippen LogP contribution in [0.1, 0.15) is 10.4 Å². The molecule has 0 saturated carbocycles. The Morgan fingerprint density at radius 1 is 0.963 bits per heavy atom. The molecule has 1 aliphatic rings. The van der Waals surface area contributed by atoms with Crippen LogP contribution in [0.5, 0.6) is 0 Å². The van der Waals surface area contributed by atoms with Gasteiger partial charge in [-0.2, -0.15) is 4.31 Å². The molecule has 1 aliphatic heterocycles. The number of benzene rings is 2. The number of fused-ring (bicyclic) bond motifs is 1. The van der Waals surface area contributed by atoms with Crippen LogP contribution >= 0.6 is 0 Å². The lowest BCUT2D eigenvalue weighted by molar-refractivity contribution is 0.0699. The highest BCUT2D eigenvalue weighted by molar-refractivity contribution is 7.89. The van der Waals surface area contributed by atoms with Crippen molar-refractivity contribution in [2.45, 2.75) is 4.90 Å². The molecule has 2 heterocycles. The van der Waals surface area contributed by atoms with E-state index in [1.165, 1.54) is 22.5 Å². The van der Waals surface area contributed by atoms with Crippen LogP contribution in [0.4, 0.5) is 4.39 Å². The third kappa shape index (κ3) is 3.11. The zero-order valence-electron chi connectivity index (χ0n) is 14.4. The molecule has 1 aromatic heterocycles. The van der Waals surface area contributed by atoms with E-state index in [4.69, 9.17) is 0 Å². The molecular formula is C19H18FN3O3S. The van der Waals surface area contributed by atoms with E-state index < -0.39 is 15.8 Å². The van der Waals surface area contributed by atoms with Gasteiger partial charge in [-0.15, -0.1) is 0 Å². The summed E-state index contributed by atoms with van der Waals surface area (Å²) in [6, 6.07) is 12.9. The van der Waals surface area contributed by atoms with E-state index in [0.717, 1.165) is 17.0 Å². The largest absolute Gasteiger partial charge is 0.360 e. The van der Waals surface area contributed by atoms with Gasteiger partial charge in [-0.25, -0.2) is 12.8 Å². The van der Waals surface area contributed by atoms with E-state index >= 15 is 0 Å². The van der Waals surface area contributed by atoms with Crippen molar-refractivity contribution < 1.29 is 17.6 Å². The van der Waals surface area contributed by atoms with Crippen molar-refractivity contribution in [3.63, 3.8) is 0 Å². The summed E-state index contributed by atoms with van der Waals surface area (Å²) in [4.78, 5) is 17.2. The Bertz CT molecular complexity index is 1100. The molecule has 2 aromatic carbocycles. The Balaban J connectivity index is 1.51. The van der Waals surface area contributed by atoms with Crippen LogP contribution in [0.2, 0.25) is 0 Å². The second-order valence-corrected chi connectivity index (χ2v) is 8.28. The van der Waals surface area contributed by atoms with Crippen molar-refractivity contribution in [2.75, 3.05) is 26.2 Å². The smallest absolute Gasteiger partial charge is 0.256 e. The molecule has 0 aliphatic carbocycles. The van der Waals surface area contributed by atoms with Crippen molar-refractivity contribution in [2.24, 2.45) is 0 Å². The van der Waals surface area contributed by atoms with Gasteiger partial charge >= 0.3 is 0 Å². The number of hydrogen-bond acceptors (Lipinski definition) is 3. The summed E-state index contributed by atoms with van der Waals surface area (Å²) in [5, 5.41) is 0.837. The number of amides is 1. The van der Waals surface area contributed by atoms with E-state index in [1.54, 1.807) is 11.1 Å². The number of aromatic amines is 1. The molecule has 8 heteroatoms. The average Bonchev–Trinajstić information content (AvgIpc) is 3.12. The average molecular weight is 387 g/mol. The third-order valence-electron chi connectivity index (χ3n) is 4.80. The SMILES string of the molecule is O=C(c1c[nH]c2ccccc12)N1CCN(S(=O)(=O)c2ccccc2F)CC1. The number of nitrogens with one attached hydrogen (secondary N) is 1. The van der Waals surface area contributed by atoms with Crippen LogP contribution in [0, 0.1) is 5.82 Å². The molecule has 6 nitrogen and oxygen atoms in total. The summed E-state index contributed by atoms with van der Waals surface area (Å²) in [7, 11) is -3.92. The Morgan fingerprint density at radius 3 is 2.37 bits per heavy atom. The van der Waals surface area contributed by atoms with E-state index in [2.05, 4.69) is 4.98 Å². The Morgan fingerprint density at radius 2 is 1.63 bits per heavy atom. The first kappa shape index (κ1) is 17.7. The molecule has 0 radical (unpaired) electrons. The quantitative estimate of drug-likeness (QED) is 0.750. The molecule has 1 N–H and O–H groups in total. The number of nitrogens with zero attached hydrogens (tertiary/aromatic N) is 2. The molecule has 27 heavy (non-hydrogen) atoms. The van der Waals surface area contributed by atoms with Crippen molar-refractivity contribution in [3.8, 4) is 0 Å². The monoisotopic (exact) mass is 387 g/mol. The highest BCUT2D eigenvalue weighted by atomic mass is 32.2. The number of rotatable bonds is 3. The first-order valence-corrected chi connectivity index (χ1v) is 10.0. The number of aromatic nitrogens is 1. The van der Waals surface area contributed by atoms with E-state index in [9.17, 15) is 17.6 Å². The number of sulfonamides is 1. The van der Waals surface area contributed by atoms with Gasteiger partial charge in [0, 0.05) is 43.3 Å². The predicted molar refractivity (Wildman–Crippen MR) is 99.4 cm³/mol. The first-order chi connectivity index (χ1) is 13.0. The lowest BCUT2D eigenvalue weighted by atomic mass is 10.1. The van der Waals surface area contributed by atoms with Crippen LogP contribution in [0.25, 0.3) is 10.9 Å². The minimum atomic E-state index is -3.92. The summed E-state index contributed by atoms with van der Waals surface area (Å²) >= 11 is 0. The van der Waals surface area contributed by atoms with Crippen molar-refractivity contribution in [1.29, 1.82) is 0 Å². The molecule has 140 valence electrons. The Labute approximate surface area is 156 Å². The number of carbonyl (C=O) groups is 1. The van der Waals surface area contributed by atoms with Gasteiger partial charge in [0.1, 0.15) is 10.7 Å². The number of halogens is 1. The standard InChI is InChI=1S/C19H18FN3O3S/c20-16-6-2-4-8-18(16)27(25,26)23-11-9-22(10-12-23)19(24)15-13-21-17-7-3-1-5-14(15)17/h1-8,13,21H,9-12H2. The second kappa shape index (κ2) is 6.79. The maximum atomic E-state index is 13.9. The van der Waals surface area contributed by atoms with Gasteiger partial charge in [-0.05, 0) is 18.2 Å². The van der Waals surface area contributed by atoms with Gasteiger partial charge in [0.2, 0.25) is 10.0 Å². The number of H-pyrrole nitrogens is 1. The summed E-state index contributed by atoms with van der Waals surface area (Å²) in [5.74, 6) is -0.912. The topological polar surface area (TPSA) is 73.5 Å². The fraction of sp³-hybridized carbons (Fsp3) is 0.211. The molecule has 1 saturated heterocycles. The first-order valence-electron chi connectivity index (χ1n) is 8.58. The van der Waals surface area contributed by atoms with Crippen molar-refractivity contribution in [3.05, 3.63) is 66.1 Å². The summed E-state index contributed by atoms with van der Waals surface area (Å²) in [6.07, 6.45) is 1.68. The molecular weight excluding hydrogens is 369 g/mol. The van der Waals surface area contributed by atoms with Crippen molar-refractivity contribution in [1.82, 2.24) is 14.2 Å². The normalized spacial score (nSPS) is 16.0. The van der Waals surface area contributed by atoms with Gasteiger partial charge in [0.25, 0.3) is 5.91 Å². The fourth-order valence-corrected chi connectivity index (χ4v) is 4.83. The summed E-state index contributed by atoms with van der Waals surface area (Å²) < 4.78 is 40.5. The lowest BCUT2D eigenvalue weighted by Gasteiger charge is -2.34. The van der Waals surface area contributed by atoms with E-state index in [1.807, 2.05) is 24.3 Å². The Hall–Kier alpha value is -2.71. The Kier molecular flexibility index (Phi) is 4.45. The van der Waals surface area contributed by atoms with Gasteiger partial charge in [-0.3, -0.25) is 4.79 Å². The number of para-hydroxylation sites is 1. The zero-order chi connectivity index (χ0) is 19.0. The fourth-order valence-electron chi connectivity index (χ4n) is 3.34. The highest BCUT2D eigenvalue weighted by Crippen LogP contribution is 2.23. The predicted octanol–water partition coefficient (Wildman–Crippen LogP) is 2.45. The van der Waals surface area contributed by atoms with Crippen LogP contribution in [-0.2, 0) is 10.0 Å². The molecule has 1 fully saturated rings. The number of hydrogen-bond donors (Lipinski definition) is 1. The van der Waals surface area contributed by atoms with Crippen LogP contribution in [0.3, 0.4) is 0 Å². The van der Waals surface area contributed by atoms with Crippen LogP contribution < -0.4 is 0 Å².